The number of nitrogens with zero attached hydrogens (tertiary/aromatic N) is 4. The van der Waals surface area contributed by atoms with Gasteiger partial charge in [-0.3, -0.25) is 0 Å². The lowest BCUT2D eigenvalue weighted by Gasteiger charge is -2.11. The van der Waals surface area contributed by atoms with Crippen molar-refractivity contribution in [2.45, 2.75) is 0 Å². The summed E-state index contributed by atoms with van der Waals surface area (Å²) in [6.45, 7) is 0. The van der Waals surface area contributed by atoms with Crippen LogP contribution in [0.25, 0.3) is 106 Å². The molecule has 0 saturated heterocycles. The van der Waals surface area contributed by atoms with Crippen LogP contribution in [0.2, 0.25) is 0 Å². The lowest BCUT2D eigenvalue weighted by molar-refractivity contribution is 0.669. The molecule has 8 aromatic carbocycles. The molecular weight excluding hydrogens is 685 g/mol. The Morgan fingerprint density at radius 3 is 1.45 bits per heavy atom. The fourth-order valence-electron chi connectivity index (χ4n) is 7.90. The van der Waals surface area contributed by atoms with Crippen molar-refractivity contribution in [3.8, 4) is 62.1 Å². The van der Waals surface area contributed by atoms with Crippen molar-refractivity contribution in [3.63, 3.8) is 0 Å². The van der Waals surface area contributed by atoms with Crippen LogP contribution in [0.1, 0.15) is 0 Å². The zero-order valence-electron chi connectivity index (χ0n) is 30.2. The van der Waals surface area contributed by atoms with E-state index in [4.69, 9.17) is 19.4 Å². The summed E-state index contributed by atoms with van der Waals surface area (Å²) in [5, 5.41) is 4.51. The molecule has 3 aromatic heterocycles. The van der Waals surface area contributed by atoms with Gasteiger partial charge in [0.05, 0.1) is 11.0 Å². The Morgan fingerprint density at radius 2 is 0.750 bits per heavy atom. The number of para-hydroxylation sites is 1. The summed E-state index contributed by atoms with van der Waals surface area (Å²) in [6.07, 6.45) is 0. The highest BCUT2D eigenvalue weighted by Gasteiger charge is 2.18. The van der Waals surface area contributed by atoms with Gasteiger partial charge >= 0.3 is 0 Å². The standard InChI is InChI=1S/C51H32N4O/c1-4-12-33(13-5-1)35-20-22-37(23-21-35)50-52-49(36-16-8-3-9-17-36)53-51(54-50)39-25-27-42-41-18-10-11-19-45(41)55(46(42)30-39)40-26-29-44-43-28-24-38(34-14-6-2-7-15-34)31-47(43)56-48(44)32-40/h1-32H. The van der Waals surface area contributed by atoms with E-state index in [1.54, 1.807) is 0 Å². The summed E-state index contributed by atoms with van der Waals surface area (Å²) < 4.78 is 8.89. The maximum absolute atomic E-state index is 6.57. The fraction of sp³-hybridized carbons (Fsp3) is 0. The molecule has 5 nitrogen and oxygen atoms in total. The van der Waals surface area contributed by atoms with Crippen molar-refractivity contribution in [2.24, 2.45) is 0 Å². The quantitative estimate of drug-likeness (QED) is 0.172. The van der Waals surface area contributed by atoms with Crippen LogP contribution in [-0.4, -0.2) is 19.5 Å². The summed E-state index contributed by atoms with van der Waals surface area (Å²) in [5.74, 6) is 1.87. The van der Waals surface area contributed by atoms with Gasteiger partial charge < -0.3 is 8.98 Å². The van der Waals surface area contributed by atoms with Gasteiger partial charge in [-0.2, -0.15) is 0 Å². The van der Waals surface area contributed by atoms with Crippen molar-refractivity contribution in [1.29, 1.82) is 0 Å². The van der Waals surface area contributed by atoms with E-state index < -0.39 is 0 Å². The van der Waals surface area contributed by atoms with Crippen molar-refractivity contribution in [1.82, 2.24) is 19.5 Å². The number of benzene rings is 8. The molecule has 3 heterocycles. The molecule has 5 heteroatoms. The second-order valence-corrected chi connectivity index (χ2v) is 14.1. The second-order valence-electron chi connectivity index (χ2n) is 14.1. The average Bonchev–Trinajstić information content (AvgIpc) is 3.81. The third kappa shape index (κ3) is 5.45. The van der Waals surface area contributed by atoms with E-state index >= 15 is 0 Å². The first kappa shape index (κ1) is 31.9. The molecule has 0 unspecified atom stereocenters. The molecule has 0 aliphatic rings. The van der Waals surface area contributed by atoms with E-state index in [0.717, 1.165) is 71.9 Å². The molecule has 11 rings (SSSR count). The van der Waals surface area contributed by atoms with Gasteiger partial charge in [0, 0.05) is 50.0 Å². The van der Waals surface area contributed by atoms with Crippen molar-refractivity contribution < 1.29 is 4.42 Å². The lowest BCUT2D eigenvalue weighted by atomic mass is 10.0. The van der Waals surface area contributed by atoms with Gasteiger partial charge in [-0.15, -0.1) is 0 Å². The molecule has 0 spiro atoms. The Morgan fingerprint density at radius 1 is 0.304 bits per heavy atom. The van der Waals surface area contributed by atoms with Crippen molar-refractivity contribution in [2.75, 3.05) is 0 Å². The van der Waals surface area contributed by atoms with E-state index in [2.05, 4.69) is 156 Å². The molecule has 0 N–H and O–H groups in total. The van der Waals surface area contributed by atoms with Crippen LogP contribution < -0.4 is 0 Å². The highest BCUT2D eigenvalue weighted by Crippen LogP contribution is 2.38. The van der Waals surface area contributed by atoms with E-state index in [9.17, 15) is 0 Å². The summed E-state index contributed by atoms with van der Waals surface area (Å²) in [5.41, 5.74) is 12.3. The molecule has 0 radical (unpaired) electrons. The molecule has 56 heavy (non-hydrogen) atoms. The molecule has 0 bridgehead atoms. The van der Waals surface area contributed by atoms with Gasteiger partial charge in [0.25, 0.3) is 0 Å². The number of hydrogen-bond acceptors (Lipinski definition) is 4. The topological polar surface area (TPSA) is 56.7 Å². The SMILES string of the molecule is c1ccc(-c2ccc(-c3nc(-c4ccccc4)nc(-c4ccc5c6ccccc6n(-c6ccc7c(c6)oc6cc(-c8ccccc8)ccc67)c5c4)n3)cc2)cc1. The van der Waals surface area contributed by atoms with Gasteiger partial charge in [-0.1, -0.05) is 152 Å². The summed E-state index contributed by atoms with van der Waals surface area (Å²) >= 11 is 0. The normalized spacial score (nSPS) is 11.6. The van der Waals surface area contributed by atoms with Gasteiger partial charge in [-0.25, -0.2) is 15.0 Å². The lowest BCUT2D eigenvalue weighted by Crippen LogP contribution is -2.00. The van der Waals surface area contributed by atoms with Crippen LogP contribution in [0, 0.1) is 0 Å². The summed E-state index contributed by atoms with van der Waals surface area (Å²) in [7, 11) is 0. The van der Waals surface area contributed by atoms with Crippen molar-refractivity contribution >= 4 is 43.7 Å². The molecule has 0 amide bonds. The zero-order valence-corrected chi connectivity index (χ0v) is 30.2. The molecule has 262 valence electrons. The molecular formula is C51H32N4O. The molecule has 11 aromatic rings. The van der Waals surface area contributed by atoms with Gasteiger partial charge in [0.1, 0.15) is 11.2 Å². The van der Waals surface area contributed by atoms with Crippen LogP contribution in [0.5, 0.6) is 0 Å². The van der Waals surface area contributed by atoms with E-state index in [1.165, 1.54) is 16.5 Å². The first-order chi connectivity index (χ1) is 27.7. The van der Waals surface area contributed by atoms with Crippen LogP contribution in [0.3, 0.4) is 0 Å². The third-order valence-electron chi connectivity index (χ3n) is 10.7. The van der Waals surface area contributed by atoms with E-state index in [1.807, 2.05) is 42.5 Å². The Labute approximate surface area is 322 Å². The monoisotopic (exact) mass is 716 g/mol. The molecule has 0 atom stereocenters. The Bertz CT molecular complexity index is 3220. The largest absolute Gasteiger partial charge is 0.456 e. The first-order valence-electron chi connectivity index (χ1n) is 18.8. The Balaban J connectivity index is 1.06. The molecule has 0 aliphatic carbocycles. The minimum absolute atomic E-state index is 0.613. The maximum Gasteiger partial charge on any atom is 0.164 e. The Hall–Kier alpha value is -7.63. The third-order valence-corrected chi connectivity index (χ3v) is 10.7. The van der Waals surface area contributed by atoms with Crippen LogP contribution >= 0.6 is 0 Å². The highest BCUT2D eigenvalue weighted by molar-refractivity contribution is 6.11. The van der Waals surface area contributed by atoms with Crippen LogP contribution in [0.15, 0.2) is 199 Å². The second kappa shape index (κ2) is 13.0. The number of hydrogen-bond donors (Lipinski definition) is 0. The molecule has 0 saturated carbocycles. The number of furan rings is 1. The van der Waals surface area contributed by atoms with E-state index in [-0.39, 0.29) is 0 Å². The summed E-state index contributed by atoms with van der Waals surface area (Å²) in [4.78, 5) is 15.2. The predicted octanol–water partition coefficient (Wildman–Crippen LogP) is 13.2. The first-order valence-corrected chi connectivity index (χ1v) is 18.8. The van der Waals surface area contributed by atoms with Gasteiger partial charge in [0.2, 0.25) is 0 Å². The minimum Gasteiger partial charge on any atom is -0.456 e. The number of aromatic nitrogens is 4. The highest BCUT2D eigenvalue weighted by atomic mass is 16.3. The van der Waals surface area contributed by atoms with Gasteiger partial charge in [-0.05, 0) is 58.7 Å². The fourth-order valence-corrected chi connectivity index (χ4v) is 7.90. The zero-order chi connectivity index (χ0) is 37.0. The van der Waals surface area contributed by atoms with Crippen molar-refractivity contribution in [3.05, 3.63) is 194 Å². The maximum atomic E-state index is 6.57. The van der Waals surface area contributed by atoms with Gasteiger partial charge in [0.15, 0.2) is 17.5 Å². The molecule has 0 fully saturated rings. The molecule has 0 aliphatic heterocycles. The predicted molar refractivity (Wildman–Crippen MR) is 229 cm³/mol. The number of fused-ring (bicyclic) bond motifs is 6. The van der Waals surface area contributed by atoms with Crippen LogP contribution in [0.4, 0.5) is 0 Å². The minimum atomic E-state index is 0.613. The summed E-state index contributed by atoms with van der Waals surface area (Å²) in [6, 6.07) is 67.4. The smallest absolute Gasteiger partial charge is 0.164 e. The average molecular weight is 717 g/mol. The van der Waals surface area contributed by atoms with Crippen LogP contribution in [-0.2, 0) is 0 Å². The Kier molecular flexibility index (Phi) is 7.42. The van der Waals surface area contributed by atoms with E-state index in [0.29, 0.717) is 17.5 Å². The number of rotatable bonds is 6.